The summed E-state index contributed by atoms with van der Waals surface area (Å²) in [5.74, 6) is 1.77. The molecular formula is C35H43N3O6S. The molecule has 1 saturated heterocycles. The van der Waals surface area contributed by atoms with Crippen molar-refractivity contribution in [1.29, 1.82) is 0 Å². The van der Waals surface area contributed by atoms with Gasteiger partial charge in [-0.05, 0) is 93.8 Å². The SMILES string of the molecule is CCS(=O)(=O)Cc1ccc(Oc2ccc(CCC3CCN(C(=O)OC(C)(C)C)CC3)cc2)c(-c2cn(C)c(=O)c3[nH]ccc23)c1. The van der Waals surface area contributed by atoms with Gasteiger partial charge >= 0.3 is 6.09 Å². The number of hydrogen-bond acceptors (Lipinski definition) is 6. The molecule has 0 saturated carbocycles. The summed E-state index contributed by atoms with van der Waals surface area (Å²) >= 11 is 0. The Morgan fingerprint density at radius 2 is 1.69 bits per heavy atom. The number of benzene rings is 2. The maximum atomic E-state index is 12.7. The van der Waals surface area contributed by atoms with Crippen molar-refractivity contribution in [2.75, 3.05) is 18.8 Å². The fourth-order valence-corrected chi connectivity index (χ4v) is 6.65. The number of rotatable bonds is 9. The first-order valence-corrected chi connectivity index (χ1v) is 17.4. The topological polar surface area (TPSA) is 111 Å². The van der Waals surface area contributed by atoms with E-state index < -0.39 is 15.4 Å². The number of aryl methyl sites for hydroxylation is 2. The van der Waals surface area contributed by atoms with Crippen LogP contribution in [0.2, 0.25) is 0 Å². The third kappa shape index (κ3) is 7.97. The summed E-state index contributed by atoms with van der Waals surface area (Å²) in [6.07, 6.45) is 7.19. The van der Waals surface area contributed by atoms with Crippen LogP contribution in [0.3, 0.4) is 0 Å². The van der Waals surface area contributed by atoms with E-state index in [-0.39, 0.29) is 23.2 Å². The molecule has 0 bridgehead atoms. The predicted molar refractivity (Wildman–Crippen MR) is 178 cm³/mol. The number of hydrogen-bond donors (Lipinski definition) is 1. The maximum Gasteiger partial charge on any atom is 0.410 e. The Bertz CT molecular complexity index is 1830. The predicted octanol–water partition coefficient (Wildman–Crippen LogP) is 6.84. The van der Waals surface area contributed by atoms with E-state index in [4.69, 9.17) is 9.47 Å². The zero-order valence-corrected chi connectivity index (χ0v) is 27.6. The van der Waals surface area contributed by atoms with Gasteiger partial charge in [0.2, 0.25) is 0 Å². The molecule has 10 heteroatoms. The molecule has 5 rings (SSSR count). The van der Waals surface area contributed by atoms with Crippen LogP contribution in [0.15, 0.2) is 65.7 Å². The second-order valence-corrected chi connectivity index (χ2v) is 15.3. The van der Waals surface area contributed by atoms with Crippen LogP contribution < -0.4 is 10.3 Å². The number of ether oxygens (including phenoxy) is 2. The van der Waals surface area contributed by atoms with Gasteiger partial charge in [0.15, 0.2) is 9.84 Å². The molecule has 3 heterocycles. The number of likely N-dealkylation sites (tertiary alicyclic amines) is 1. The molecule has 1 N–H and O–H groups in total. The highest BCUT2D eigenvalue weighted by molar-refractivity contribution is 7.90. The lowest BCUT2D eigenvalue weighted by Crippen LogP contribution is -2.41. The van der Waals surface area contributed by atoms with E-state index in [1.54, 1.807) is 38.5 Å². The van der Waals surface area contributed by atoms with Crippen LogP contribution in [0.1, 0.15) is 58.1 Å². The molecule has 9 nitrogen and oxygen atoms in total. The lowest BCUT2D eigenvalue weighted by Gasteiger charge is -2.33. The van der Waals surface area contributed by atoms with Gasteiger partial charge < -0.3 is 23.9 Å². The van der Waals surface area contributed by atoms with Crippen molar-refractivity contribution < 1.29 is 22.7 Å². The number of aromatic amines is 1. The highest BCUT2D eigenvalue weighted by atomic mass is 32.2. The molecule has 4 aromatic rings. The zero-order valence-electron chi connectivity index (χ0n) is 26.8. The molecule has 0 spiro atoms. The number of amides is 1. The number of carbonyl (C=O) groups excluding carboxylic acids is 1. The minimum atomic E-state index is -3.25. The van der Waals surface area contributed by atoms with Crippen molar-refractivity contribution in [2.24, 2.45) is 13.0 Å². The van der Waals surface area contributed by atoms with Crippen LogP contribution in [-0.4, -0.2) is 53.4 Å². The molecule has 0 unspecified atom stereocenters. The van der Waals surface area contributed by atoms with E-state index in [0.29, 0.717) is 34.1 Å². The van der Waals surface area contributed by atoms with Crippen molar-refractivity contribution >= 4 is 26.8 Å². The highest BCUT2D eigenvalue weighted by Gasteiger charge is 2.26. The molecule has 1 aliphatic rings. The summed E-state index contributed by atoms with van der Waals surface area (Å²) in [6.45, 7) is 8.76. The van der Waals surface area contributed by atoms with Crippen LogP contribution in [0.4, 0.5) is 4.79 Å². The molecule has 0 radical (unpaired) electrons. The van der Waals surface area contributed by atoms with Gasteiger partial charge in [0.25, 0.3) is 5.56 Å². The summed E-state index contributed by atoms with van der Waals surface area (Å²) in [7, 11) is -1.55. The van der Waals surface area contributed by atoms with Crippen molar-refractivity contribution in [1.82, 2.24) is 14.5 Å². The van der Waals surface area contributed by atoms with Gasteiger partial charge in [-0.25, -0.2) is 13.2 Å². The Kier molecular flexibility index (Phi) is 9.44. The van der Waals surface area contributed by atoms with Crippen molar-refractivity contribution in [2.45, 2.75) is 64.7 Å². The first-order valence-electron chi connectivity index (χ1n) is 15.6. The first kappa shape index (κ1) is 32.3. The smallest absolute Gasteiger partial charge is 0.410 e. The summed E-state index contributed by atoms with van der Waals surface area (Å²) in [6, 6.07) is 15.3. The molecule has 1 aliphatic heterocycles. The number of aromatic nitrogens is 2. The van der Waals surface area contributed by atoms with E-state index in [1.807, 2.05) is 49.9 Å². The van der Waals surface area contributed by atoms with Gasteiger partial charge in [0.05, 0.1) is 5.75 Å². The molecule has 0 aliphatic carbocycles. The number of H-pyrrole nitrogens is 1. The van der Waals surface area contributed by atoms with Crippen molar-refractivity contribution in [3.8, 4) is 22.6 Å². The molecule has 1 amide bonds. The molecule has 45 heavy (non-hydrogen) atoms. The Hall–Kier alpha value is -4.05. The number of fused-ring (bicyclic) bond motifs is 1. The fourth-order valence-electron chi connectivity index (χ4n) is 5.76. The van der Waals surface area contributed by atoms with Gasteiger partial charge in [0.1, 0.15) is 22.6 Å². The quantitative estimate of drug-likeness (QED) is 0.216. The average Bonchev–Trinajstić information content (AvgIpc) is 3.49. The maximum absolute atomic E-state index is 12.7. The van der Waals surface area contributed by atoms with Crippen LogP contribution in [0, 0.1) is 5.92 Å². The molecule has 2 aromatic heterocycles. The number of piperidine rings is 1. The highest BCUT2D eigenvalue weighted by Crippen LogP contribution is 2.38. The standard InChI is InChI=1S/C35H43N3O6S/c1-6-45(41,42)23-26-11-14-31(29(21-26)30-22-37(5)33(39)32-28(30)15-18-36-32)43-27-12-9-24(10-13-27)7-8-25-16-19-38(20-17-25)34(40)44-35(2,3)4/h9-15,18,21-22,25,36H,6-8,16-17,19-20,23H2,1-5H3. The van der Waals surface area contributed by atoms with Crippen molar-refractivity contribution in [3.63, 3.8) is 0 Å². The van der Waals surface area contributed by atoms with Crippen LogP contribution in [-0.2, 0) is 33.8 Å². The number of sulfone groups is 1. The van der Waals surface area contributed by atoms with Gasteiger partial charge in [-0.15, -0.1) is 0 Å². The minimum Gasteiger partial charge on any atom is -0.457 e. The minimum absolute atomic E-state index is 0.0557. The molecular weight excluding hydrogens is 590 g/mol. The van der Waals surface area contributed by atoms with Gasteiger partial charge in [-0.1, -0.05) is 25.1 Å². The molecule has 240 valence electrons. The lowest BCUT2D eigenvalue weighted by atomic mass is 9.90. The Labute approximate surface area is 265 Å². The second-order valence-electron chi connectivity index (χ2n) is 12.9. The third-order valence-electron chi connectivity index (χ3n) is 8.31. The molecule has 0 atom stereocenters. The Morgan fingerprint density at radius 1 is 1.00 bits per heavy atom. The summed E-state index contributed by atoms with van der Waals surface area (Å²) in [5, 5.41) is 0.741. The third-order valence-corrected chi connectivity index (χ3v) is 9.97. The van der Waals surface area contributed by atoms with Crippen LogP contribution >= 0.6 is 0 Å². The Balaban J connectivity index is 1.30. The Morgan fingerprint density at radius 3 is 2.36 bits per heavy atom. The fraction of sp³-hybridized carbons (Fsp3) is 0.429. The average molecular weight is 634 g/mol. The van der Waals surface area contributed by atoms with Crippen molar-refractivity contribution in [3.05, 3.63) is 82.4 Å². The summed E-state index contributed by atoms with van der Waals surface area (Å²) < 4.78 is 38.3. The van der Waals surface area contributed by atoms with E-state index in [1.165, 1.54) is 10.1 Å². The number of nitrogens with zero attached hydrogens (tertiary/aromatic N) is 2. The lowest BCUT2D eigenvalue weighted by molar-refractivity contribution is 0.0181. The number of carbonyl (C=O) groups is 1. The number of pyridine rings is 1. The van der Waals surface area contributed by atoms with E-state index in [2.05, 4.69) is 17.1 Å². The largest absolute Gasteiger partial charge is 0.457 e. The molecule has 1 fully saturated rings. The van der Waals surface area contributed by atoms with Gasteiger partial charge in [-0.2, -0.15) is 0 Å². The van der Waals surface area contributed by atoms with E-state index in [0.717, 1.165) is 49.7 Å². The summed E-state index contributed by atoms with van der Waals surface area (Å²) in [4.78, 5) is 29.9. The van der Waals surface area contributed by atoms with Crippen LogP contribution in [0.25, 0.3) is 22.0 Å². The molecule has 2 aromatic carbocycles. The van der Waals surface area contributed by atoms with E-state index >= 15 is 0 Å². The normalized spacial score (nSPS) is 14.6. The van der Waals surface area contributed by atoms with Gasteiger partial charge in [0, 0.05) is 54.8 Å². The monoisotopic (exact) mass is 633 g/mol. The first-order chi connectivity index (χ1) is 21.3. The second kappa shape index (κ2) is 13.1. The van der Waals surface area contributed by atoms with Gasteiger partial charge in [-0.3, -0.25) is 4.79 Å². The van der Waals surface area contributed by atoms with E-state index in [9.17, 15) is 18.0 Å². The summed E-state index contributed by atoms with van der Waals surface area (Å²) in [5.41, 5.74) is 3.20. The van der Waals surface area contributed by atoms with Crippen LogP contribution in [0.5, 0.6) is 11.5 Å². The zero-order chi connectivity index (χ0) is 32.4. The number of nitrogens with one attached hydrogen (secondary N) is 1.